The number of hydrogen-bond acceptors (Lipinski definition) is 5. The number of carbonyl (C=O) groups is 2. The molecule has 0 aromatic heterocycles. The van der Waals surface area contributed by atoms with Crippen molar-refractivity contribution in [3.05, 3.63) is 83.4 Å². The van der Waals surface area contributed by atoms with E-state index in [1.165, 1.54) is 37.5 Å². The lowest BCUT2D eigenvalue weighted by molar-refractivity contribution is -0.118. The Bertz CT molecular complexity index is 1420. The van der Waals surface area contributed by atoms with E-state index in [9.17, 15) is 22.9 Å². The van der Waals surface area contributed by atoms with Crippen molar-refractivity contribution in [2.45, 2.75) is 18.6 Å². The van der Waals surface area contributed by atoms with E-state index in [1.54, 1.807) is 24.3 Å². The van der Waals surface area contributed by atoms with Gasteiger partial charge in [0, 0.05) is 41.0 Å². The van der Waals surface area contributed by atoms with E-state index in [0.717, 1.165) is 24.3 Å². The third-order valence-electron chi connectivity index (χ3n) is 6.35. The molecule has 3 aromatic rings. The monoisotopic (exact) mass is 564 g/mol. The van der Waals surface area contributed by atoms with Crippen molar-refractivity contribution in [3.63, 3.8) is 0 Å². The van der Waals surface area contributed by atoms with Gasteiger partial charge in [-0.15, -0.1) is 0 Å². The van der Waals surface area contributed by atoms with Crippen LogP contribution in [-0.4, -0.2) is 51.5 Å². The molecule has 0 saturated carbocycles. The molecule has 1 aliphatic heterocycles. The quantitative estimate of drug-likeness (QED) is 0.315. The predicted octanol–water partition coefficient (Wildman–Crippen LogP) is 4.75. The van der Waals surface area contributed by atoms with Gasteiger partial charge in [-0.25, -0.2) is 8.78 Å². The molecule has 206 valence electrons. The standard InChI is InChI=1S/C27H25F4N2O5P/c1-37-17-12-19(28)23(20(29)13-17)18-14-33(21-6-4-5-7-22(21)39(2,3)36)26(35)24(18)32-25(34)15-8-10-16(11-9-15)38-27(30)31/h4-13,18,24,27H,14H2,1-3H3,(H,32,34)/t18-,24-/m0/s1. The Hall–Kier alpha value is -3.85. The second-order valence-corrected chi connectivity index (χ2v) is 12.4. The smallest absolute Gasteiger partial charge is 0.387 e. The molecule has 0 aliphatic carbocycles. The number of benzene rings is 3. The molecule has 0 bridgehead atoms. The molecule has 0 unspecified atom stereocenters. The van der Waals surface area contributed by atoms with Gasteiger partial charge in [0.2, 0.25) is 5.91 Å². The first-order valence-corrected chi connectivity index (χ1v) is 14.4. The maximum atomic E-state index is 15.2. The Labute approximate surface area is 222 Å². The summed E-state index contributed by atoms with van der Waals surface area (Å²) in [5, 5.41) is 2.94. The highest BCUT2D eigenvalue weighted by Crippen LogP contribution is 2.42. The molecule has 1 saturated heterocycles. The van der Waals surface area contributed by atoms with E-state index >= 15 is 8.78 Å². The normalized spacial score (nSPS) is 17.4. The van der Waals surface area contributed by atoms with Crippen LogP contribution >= 0.6 is 7.14 Å². The minimum absolute atomic E-state index is 0.00399. The lowest BCUT2D eigenvalue weighted by atomic mass is 9.92. The maximum Gasteiger partial charge on any atom is 0.387 e. The lowest BCUT2D eigenvalue weighted by Gasteiger charge is -2.22. The Kier molecular flexibility index (Phi) is 8.02. The minimum Gasteiger partial charge on any atom is -0.497 e. The van der Waals surface area contributed by atoms with Crippen LogP contribution < -0.4 is 25.0 Å². The van der Waals surface area contributed by atoms with Crippen molar-refractivity contribution >= 4 is 29.9 Å². The zero-order valence-corrected chi connectivity index (χ0v) is 22.1. The number of alkyl halides is 2. The van der Waals surface area contributed by atoms with E-state index in [2.05, 4.69) is 10.1 Å². The number of carbonyl (C=O) groups excluding carboxylic acids is 2. The summed E-state index contributed by atoms with van der Waals surface area (Å²) in [6.45, 7) is -0.200. The molecule has 1 N–H and O–H groups in total. The van der Waals surface area contributed by atoms with E-state index < -0.39 is 54.7 Å². The summed E-state index contributed by atoms with van der Waals surface area (Å²) in [4.78, 5) is 28.0. The van der Waals surface area contributed by atoms with Crippen molar-refractivity contribution < 1.29 is 41.2 Å². The molecule has 12 heteroatoms. The number of nitrogens with one attached hydrogen (secondary N) is 1. The van der Waals surface area contributed by atoms with Crippen LogP contribution in [0.3, 0.4) is 0 Å². The minimum atomic E-state index is -3.05. The van der Waals surface area contributed by atoms with Crippen LogP contribution in [0, 0.1) is 11.6 Å². The van der Waals surface area contributed by atoms with Gasteiger partial charge in [0.1, 0.15) is 36.3 Å². The molecule has 2 amide bonds. The van der Waals surface area contributed by atoms with Crippen molar-refractivity contribution in [2.24, 2.45) is 0 Å². The van der Waals surface area contributed by atoms with Crippen LogP contribution in [0.2, 0.25) is 0 Å². The number of ether oxygens (including phenoxy) is 2. The van der Waals surface area contributed by atoms with Crippen LogP contribution in [-0.2, 0) is 9.36 Å². The largest absolute Gasteiger partial charge is 0.497 e. The maximum absolute atomic E-state index is 15.2. The van der Waals surface area contributed by atoms with Gasteiger partial charge in [0.05, 0.1) is 12.8 Å². The third-order valence-corrected chi connectivity index (χ3v) is 7.89. The number of halogens is 4. The highest BCUT2D eigenvalue weighted by atomic mass is 31.2. The molecule has 1 heterocycles. The van der Waals surface area contributed by atoms with Crippen LogP contribution in [0.25, 0.3) is 0 Å². The van der Waals surface area contributed by atoms with Gasteiger partial charge >= 0.3 is 6.61 Å². The van der Waals surface area contributed by atoms with Crippen LogP contribution in [0.15, 0.2) is 60.7 Å². The van der Waals surface area contributed by atoms with E-state index in [4.69, 9.17) is 4.74 Å². The van der Waals surface area contributed by atoms with Gasteiger partial charge in [-0.1, -0.05) is 12.1 Å². The summed E-state index contributed by atoms with van der Waals surface area (Å²) in [6, 6.07) is 11.8. The highest BCUT2D eigenvalue weighted by Gasteiger charge is 2.46. The summed E-state index contributed by atoms with van der Waals surface area (Å²) in [5.74, 6) is -4.79. The molecule has 39 heavy (non-hydrogen) atoms. The number of methoxy groups -OCH3 is 1. The molecule has 0 spiro atoms. The summed E-state index contributed by atoms with van der Waals surface area (Å²) >= 11 is 0. The number of para-hydroxylation sites is 1. The zero-order chi connectivity index (χ0) is 28.5. The van der Waals surface area contributed by atoms with Gasteiger partial charge in [0.15, 0.2) is 0 Å². The SMILES string of the molecule is COc1cc(F)c([C@@H]2CN(c3ccccc3P(C)(C)=O)C(=O)[C@H]2NC(=O)c2ccc(OC(F)F)cc2)c(F)c1. The first-order chi connectivity index (χ1) is 18.4. The van der Waals surface area contributed by atoms with Crippen molar-refractivity contribution in [2.75, 3.05) is 31.9 Å². The Morgan fingerprint density at radius 1 is 1.03 bits per heavy atom. The summed E-state index contributed by atoms with van der Waals surface area (Å²) < 4.78 is 77.4. The molecule has 2 atom stereocenters. The third kappa shape index (κ3) is 5.93. The average Bonchev–Trinajstić information content (AvgIpc) is 3.18. The molecular weight excluding hydrogens is 539 g/mol. The molecule has 0 radical (unpaired) electrons. The lowest BCUT2D eigenvalue weighted by Crippen LogP contribution is -2.44. The van der Waals surface area contributed by atoms with Gasteiger partial charge in [-0.05, 0) is 49.7 Å². The summed E-state index contributed by atoms with van der Waals surface area (Å²) in [6.07, 6.45) is 0. The molecule has 4 rings (SSSR count). The highest BCUT2D eigenvalue weighted by molar-refractivity contribution is 7.70. The number of hydrogen-bond donors (Lipinski definition) is 1. The number of anilines is 1. The zero-order valence-electron chi connectivity index (χ0n) is 21.2. The van der Waals surface area contributed by atoms with Gasteiger partial charge in [-0.2, -0.15) is 8.78 Å². The van der Waals surface area contributed by atoms with E-state index in [1.807, 2.05) is 0 Å². The molecular formula is C27H25F4N2O5P. The summed E-state index contributed by atoms with van der Waals surface area (Å²) in [7, 11) is -1.63. The number of amides is 2. The van der Waals surface area contributed by atoms with E-state index in [-0.39, 0.29) is 23.6 Å². The molecule has 3 aromatic carbocycles. The second-order valence-electron chi connectivity index (χ2n) is 9.25. The Balaban J connectivity index is 1.74. The van der Waals surface area contributed by atoms with Crippen molar-refractivity contribution in [1.29, 1.82) is 0 Å². The first kappa shape index (κ1) is 28.2. The first-order valence-electron chi connectivity index (χ1n) is 11.7. The fraction of sp³-hybridized carbons (Fsp3) is 0.259. The fourth-order valence-corrected chi connectivity index (χ4v) is 5.75. The van der Waals surface area contributed by atoms with Crippen LogP contribution in [0.5, 0.6) is 11.5 Å². The van der Waals surface area contributed by atoms with Gasteiger partial charge in [-0.3, -0.25) is 9.59 Å². The Morgan fingerprint density at radius 3 is 2.21 bits per heavy atom. The van der Waals surface area contributed by atoms with Gasteiger partial charge in [0.25, 0.3) is 5.91 Å². The molecule has 1 aliphatic rings. The van der Waals surface area contributed by atoms with Crippen molar-refractivity contribution in [3.8, 4) is 11.5 Å². The van der Waals surface area contributed by atoms with Crippen LogP contribution in [0.4, 0.5) is 23.2 Å². The van der Waals surface area contributed by atoms with E-state index in [0.29, 0.717) is 11.0 Å². The second kappa shape index (κ2) is 11.1. The topological polar surface area (TPSA) is 84.9 Å². The molecule has 7 nitrogen and oxygen atoms in total. The predicted molar refractivity (Wildman–Crippen MR) is 138 cm³/mol. The van der Waals surface area contributed by atoms with Crippen molar-refractivity contribution in [1.82, 2.24) is 5.32 Å². The Morgan fingerprint density at radius 2 is 1.64 bits per heavy atom. The van der Waals surface area contributed by atoms with Gasteiger partial charge < -0.3 is 24.3 Å². The summed E-state index contributed by atoms with van der Waals surface area (Å²) in [5.41, 5.74) is -0.115. The number of rotatable bonds is 8. The average molecular weight is 564 g/mol. The van der Waals surface area contributed by atoms with Crippen LogP contribution in [0.1, 0.15) is 21.8 Å². The molecule has 1 fully saturated rings. The fourth-order valence-electron chi connectivity index (χ4n) is 4.56. The number of nitrogens with zero attached hydrogens (tertiary/aromatic N) is 1.